The zero-order valence-electron chi connectivity index (χ0n) is 12.9. The van der Waals surface area contributed by atoms with Gasteiger partial charge in [0.25, 0.3) is 0 Å². The summed E-state index contributed by atoms with van der Waals surface area (Å²) < 4.78 is 5.35. The number of rotatable bonds is 2. The van der Waals surface area contributed by atoms with Crippen molar-refractivity contribution in [2.45, 2.75) is 44.2 Å². The van der Waals surface area contributed by atoms with Crippen LogP contribution < -0.4 is 10.5 Å². The summed E-state index contributed by atoms with van der Waals surface area (Å²) in [7, 11) is 1.75. The van der Waals surface area contributed by atoms with E-state index >= 15 is 0 Å². The first-order valence-corrected chi connectivity index (χ1v) is 8.40. The number of fused-ring (bicyclic) bond motifs is 3. The number of aryl methyl sites for hydroxylation is 1. The molecule has 2 aliphatic carbocycles. The van der Waals surface area contributed by atoms with Gasteiger partial charge >= 0.3 is 0 Å². The smallest absolute Gasteiger partial charge is 0.119 e. The molecule has 0 aromatic heterocycles. The fraction of sp³-hybridized carbons (Fsp3) is 0.667. The maximum Gasteiger partial charge on any atom is 0.119 e. The number of nitrogens with zero attached hydrogens (tertiary/aromatic N) is 1. The van der Waals surface area contributed by atoms with Gasteiger partial charge < -0.3 is 10.5 Å². The third-order valence-electron chi connectivity index (χ3n) is 6.07. The fourth-order valence-electron chi connectivity index (χ4n) is 4.75. The van der Waals surface area contributed by atoms with Crippen molar-refractivity contribution in [3.63, 3.8) is 0 Å². The van der Waals surface area contributed by atoms with E-state index < -0.39 is 0 Å². The summed E-state index contributed by atoms with van der Waals surface area (Å²) in [5, 5.41) is 0. The highest BCUT2D eigenvalue weighted by molar-refractivity contribution is 5.38. The van der Waals surface area contributed by atoms with Crippen molar-refractivity contribution in [3.05, 3.63) is 29.3 Å². The van der Waals surface area contributed by atoms with Crippen molar-refractivity contribution < 1.29 is 4.74 Å². The van der Waals surface area contributed by atoms with Gasteiger partial charge in [0, 0.05) is 25.2 Å². The van der Waals surface area contributed by atoms with E-state index in [2.05, 4.69) is 23.1 Å². The molecule has 1 aliphatic heterocycles. The third-order valence-corrected chi connectivity index (χ3v) is 6.07. The lowest BCUT2D eigenvalue weighted by atomic mass is 9.84. The monoisotopic (exact) mass is 286 g/mol. The lowest BCUT2D eigenvalue weighted by Crippen LogP contribution is -2.53. The molecule has 0 amide bonds. The first-order chi connectivity index (χ1) is 10.2. The molecule has 3 nitrogen and oxygen atoms in total. The van der Waals surface area contributed by atoms with Crippen LogP contribution in [-0.4, -0.2) is 37.2 Å². The van der Waals surface area contributed by atoms with Gasteiger partial charge in [-0.3, -0.25) is 4.90 Å². The Bertz CT molecular complexity index is 516. The number of piperidine rings is 1. The zero-order valence-corrected chi connectivity index (χ0v) is 12.9. The van der Waals surface area contributed by atoms with Crippen LogP contribution in [0.5, 0.6) is 5.75 Å². The Balaban J connectivity index is 1.49. The molecule has 1 aromatic rings. The van der Waals surface area contributed by atoms with Crippen LogP contribution in [0.3, 0.4) is 0 Å². The molecule has 2 bridgehead atoms. The molecule has 4 atom stereocenters. The van der Waals surface area contributed by atoms with Crippen molar-refractivity contribution in [2.75, 3.05) is 20.2 Å². The number of hydrogen-bond acceptors (Lipinski definition) is 3. The summed E-state index contributed by atoms with van der Waals surface area (Å²) in [4.78, 5) is 2.75. The number of benzene rings is 1. The van der Waals surface area contributed by atoms with Gasteiger partial charge in [-0.2, -0.15) is 0 Å². The van der Waals surface area contributed by atoms with Gasteiger partial charge in [0.2, 0.25) is 0 Å². The normalized spacial score (nSPS) is 35.5. The summed E-state index contributed by atoms with van der Waals surface area (Å²) in [6.45, 7) is 2.46. The Morgan fingerprint density at radius 2 is 1.86 bits per heavy atom. The van der Waals surface area contributed by atoms with Crippen molar-refractivity contribution in [1.82, 2.24) is 4.90 Å². The second-order valence-electron chi connectivity index (χ2n) is 7.16. The van der Waals surface area contributed by atoms with Crippen LogP contribution in [-0.2, 0) is 12.8 Å². The SMILES string of the molecule is COc1ccc2c(c1)CCC(N1C[C@H]3CC[C@@H](C1)C3N)C2. The van der Waals surface area contributed by atoms with Crippen LogP contribution in [0.4, 0.5) is 0 Å². The van der Waals surface area contributed by atoms with Gasteiger partial charge in [-0.15, -0.1) is 0 Å². The Morgan fingerprint density at radius 1 is 1.10 bits per heavy atom. The number of hydrogen-bond donors (Lipinski definition) is 1. The molecule has 0 spiro atoms. The molecule has 2 fully saturated rings. The number of nitrogens with two attached hydrogens (primary N) is 1. The van der Waals surface area contributed by atoms with E-state index in [1.807, 2.05) is 0 Å². The van der Waals surface area contributed by atoms with Crippen molar-refractivity contribution >= 4 is 0 Å². The van der Waals surface area contributed by atoms with E-state index in [0.29, 0.717) is 6.04 Å². The second-order valence-corrected chi connectivity index (χ2v) is 7.16. The Kier molecular flexibility index (Phi) is 3.43. The third kappa shape index (κ3) is 2.36. The molecule has 1 aromatic carbocycles. The van der Waals surface area contributed by atoms with Crippen molar-refractivity contribution in [2.24, 2.45) is 17.6 Å². The van der Waals surface area contributed by atoms with Crippen LogP contribution >= 0.6 is 0 Å². The maximum absolute atomic E-state index is 6.34. The first-order valence-electron chi connectivity index (χ1n) is 8.40. The molecule has 3 aliphatic rings. The molecule has 3 heteroatoms. The van der Waals surface area contributed by atoms with E-state index in [9.17, 15) is 0 Å². The Morgan fingerprint density at radius 3 is 2.57 bits per heavy atom. The number of likely N-dealkylation sites (tertiary alicyclic amines) is 1. The van der Waals surface area contributed by atoms with E-state index in [0.717, 1.165) is 23.6 Å². The molecule has 4 rings (SSSR count). The highest BCUT2D eigenvalue weighted by Gasteiger charge is 2.41. The quantitative estimate of drug-likeness (QED) is 0.906. The minimum absolute atomic E-state index is 0.474. The van der Waals surface area contributed by atoms with Crippen molar-refractivity contribution in [1.29, 1.82) is 0 Å². The van der Waals surface area contributed by atoms with Crippen LogP contribution in [0.2, 0.25) is 0 Å². The second kappa shape index (κ2) is 5.29. The highest BCUT2D eigenvalue weighted by atomic mass is 16.5. The fourth-order valence-corrected chi connectivity index (χ4v) is 4.75. The molecular formula is C18H26N2O. The molecular weight excluding hydrogens is 260 g/mol. The molecule has 114 valence electrons. The van der Waals surface area contributed by atoms with Crippen LogP contribution in [0.1, 0.15) is 30.4 Å². The maximum atomic E-state index is 6.34. The predicted molar refractivity (Wildman–Crippen MR) is 84.6 cm³/mol. The summed E-state index contributed by atoms with van der Waals surface area (Å²) in [5.74, 6) is 2.50. The molecule has 2 unspecified atom stereocenters. The van der Waals surface area contributed by atoms with Gasteiger partial charge in [0.1, 0.15) is 5.75 Å². The minimum atomic E-state index is 0.474. The van der Waals surface area contributed by atoms with Crippen LogP contribution in [0, 0.1) is 11.8 Å². The average Bonchev–Trinajstić information content (AvgIpc) is 2.75. The van der Waals surface area contributed by atoms with Crippen LogP contribution in [0.15, 0.2) is 18.2 Å². The van der Waals surface area contributed by atoms with Gasteiger partial charge in [-0.05, 0) is 67.2 Å². The van der Waals surface area contributed by atoms with E-state index in [-0.39, 0.29) is 0 Å². The predicted octanol–water partition coefficient (Wildman–Crippen LogP) is 2.22. The highest BCUT2D eigenvalue weighted by Crippen LogP contribution is 2.38. The average molecular weight is 286 g/mol. The Labute approximate surface area is 127 Å². The largest absolute Gasteiger partial charge is 0.497 e. The molecule has 2 N–H and O–H groups in total. The molecule has 1 heterocycles. The lowest BCUT2D eigenvalue weighted by molar-refractivity contribution is 0.0934. The van der Waals surface area contributed by atoms with E-state index in [4.69, 9.17) is 10.5 Å². The summed E-state index contributed by atoms with van der Waals surface area (Å²) in [6, 6.07) is 7.80. The van der Waals surface area contributed by atoms with Gasteiger partial charge in [0.05, 0.1) is 7.11 Å². The number of methoxy groups -OCH3 is 1. The van der Waals surface area contributed by atoms with Gasteiger partial charge in [-0.1, -0.05) is 6.07 Å². The molecule has 1 saturated carbocycles. The lowest BCUT2D eigenvalue weighted by Gasteiger charge is -2.42. The molecule has 0 radical (unpaired) electrons. The zero-order chi connectivity index (χ0) is 14.4. The standard InChI is InChI=1S/C18H26N2O/c1-21-17-7-5-12-8-16(6-4-13(12)9-17)20-10-14-2-3-15(11-20)18(14)19/h5,7,9,14-16,18H,2-4,6,8,10-11,19H2,1H3/t14-,15+,16?,18?. The van der Waals surface area contributed by atoms with Crippen LogP contribution in [0.25, 0.3) is 0 Å². The topological polar surface area (TPSA) is 38.5 Å². The first kappa shape index (κ1) is 13.6. The molecule has 1 saturated heterocycles. The van der Waals surface area contributed by atoms with Gasteiger partial charge in [0.15, 0.2) is 0 Å². The van der Waals surface area contributed by atoms with E-state index in [1.54, 1.807) is 7.11 Å². The van der Waals surface area contributed by atoms with Gasteiger partial charge in [-0.25, -0.2) is 0 Å². The Hall–Kier alpha value is -1.06. The van der Waals surface area contributed by atoms with Crippen molar-refractivity contribution in [3.8, 4) is 5.75 Å². The number of ether oxygens (including phenoxy) is 1. The molecule has 21 heavy (non-hydrogen) atoms. The minimum Gasteiger partial charge on any atom is -0.497 e. The summed E-state index contributed by atoms with van der Waals surface area (Å²) in [6.07, 6.45) is 6.38. The van der Waals surface area contributed by atoms with E-state index in [1.165, 1.54) is 56.3 Å². The summed E-state index contributed by atoms with van der Waals surface area (Å²) >= 11 is 0. The summed E-state index contributed by atoms with van der Waals surface area (Å²) in [5.41, 5.74) is 9.35.